The fourth-order valence-corrected chi connectivity index (χ4v) is 1.70. The van der Waals surface area contributed by atoms with Crippen molar-refractivity contribution in [2.24, 2.45) is 0 Å². The van der Waals surface area contributed by atoms with Crippen molar-refractivity contribution >= 4 is 23.2 Å². The van der Waals surface area contributed by atoms with Gasteiger partial charge in [0, 0.05) is 11.9 Å². The van der Waals surface area contributed by atoms with Gasteiger partial charge < -0.3 is 15.4 Å². The predicted octanol–water partition coefficient (Wildman–Crippen LogP) is 1.98. The van der Waals surface area contributed by atoms with Crippen molar-refractivity contribution < 1.29 is 14.3 Å². The second-order valence-corrected chi connectivity index (χ2v) is 4.70. The Hall–Kier alpha value is -2.73. The van der Waals surface area contributed by atoms with Gasteiger partial charge in [0.25, 0.3) is 0 Å². The predicted molar refractivity (Wildman–Crippen MR) is 83.5 cm³/mol. The van der Waals surface area contributed by atoms with Crippen LogP contribution in [-0.2, 0) is 14.3 Å². The Morgan fingerprint density at radius 1 is 1.00 bits per heavy atom. The number of pyridine rings is 1. The maximum atomic E-state index is 11.7. The molecule has 0 fully saturated rings. The van der Waals surface area contributed by atoms with Gasteiger partial charge in [-0.25, -0.2) is 0 Å². The SMILES string of the molecule is Cc1ccc(NC(=O)COCC(=O)Nc2cccnc2)cc1. The van der Waals surface area contributed by atoms with Gasteiger partial charge in [0.05, 0.1) is 11.9 Å². The molecule has 0 saturated carbocycles. The van der Waals surface area contributed by atoms with Gasteiger partial charge in [0.1, 0.15) is 13.2 Å². The fourth-order valence-electron chi connectivity index (χ4n) is 1.70. The van der Waals surface area contributed by atoms with Crippen molar-refractivity contribution in [3.8, 4) is 0 Å². The summed E-state index contributed by atoms with van der Waals surface area (Å²) in [7, 11) is 0. The van der Waals surface area contributed by atoms with Gasteiger partial charge in [-0.1, -0.05) is 17.7 Å². The van der Waals surface area contributed by atoms with Crippen molar-refractivity contribution in [2.75, 3.05) is 23.8 Å². The van der Waals surface area contributed by atoms with Crippen LogP contribution >= 0.6 is 0 Å². The van der Waals surface area contributed by atoms with Gasteiger partial charge in [0.15, 0.2) is 0 Å². The number of aryl methyl sites for hydroxylation is 1. The molecular weight excluding hydrogens is 282 g/mol. The van der Waals surface area contributed by atoms with Crippen LogP contribution in [0.25, 0.3) is 0 Å². The van der Waals surface area contributed by atoms with E-state index in [1.54, 1.807) is 18.3 Å². The van der Waals surface area contributed by atoms with E-state index in [-0.39, 0.29) is 25.0 Å². The van der Waals surface area contributed by atoms with E-state index in [0.717, 1.165) is 5.56 Å². The van der Waals surface area contributed by atoms with E-state index in [9.17, 15) is 9.59 Å². The van der Waals surface area contributed by atoms with Crippen molar-refractivity contribution in [1.29, 1.82) is 0 Å². The van der Waals surface area contributed by atoms with Gasteiger partial charge in [-0.05, 0) is 31.2 Å². The monoisotopic (exact) mass is 299 g/mol. The van der Waals surface area contributed by atoms with Crippen LogP contribution in [0.1, 0.15) is 5.56 Å². The number of benzene rings is 1. The second kappa shape index (κ2) is 7.90. The molecule has 0 aliphatic heterocycles. The minimum absolute atomic E-state index is 0.186. The zero-order valence-corrected chi connectivity index (χ0v) is 12.2. The molecular formula is C16H17N3O3. The van der Waals surface area contributed by atoms with E-state index >= 15 is 0 Å². The van der Waals surface area contributed by atoms with Crippen molar-refractivity contribution in [2.45, 2.75) is 6.92 Å². The molecule has 0 saturated heterocycles. The number of ether oxygens (including phenoxy) is 1. The van der Waals surface area contributed by atoms with Gasteiger partial charge in [-0.3, -0.25) is 14.6 Å². The quantitative estimate of drug-likeness (QED) is 0.854. The molecule has 2 aromatic rings. The molecule has 6 heteroatoms. The molecule has 6 nitrogen and oxygen atoms in total. The molecule has 0 spiro atoms. The summed E-state index contributed by atoms with van der Waals surface area (Å²) in [5.74, 6) is -0.644. The number of carbonyl (C=O) groups excluding carboxylic acids is 2. The minimum atomic E-state index is -0.337. The van der Waals surface area contributed by atoms with Crippen LogP contribution < -0.4 is 10.6 Å². The Labute approximate surface area is 128 Å². The molecule has 2 amide bonds. The molecule has 0 unspecified atom stereocenters. The number of nitrogens with one attached hydrogen (secondary N) is 2. The van der Waals surface area contributed by atoms with E-state index in [4.69, 9.17) is 4.74 Å². The number of nitrogens with zero attached hydrogens (tertiary/aromatic N) is 1. The number of amides is 2. The summed E-state index contributed by atoms with van der Waals surface area (Å²) >= 11 is 0. The minimum Gasteiger partial charge on any atom is -0.362 e. The lowest BCUT2D eigenvalue weighted by molar-refractivity contribution is -0.125. The first-order valence-electron chi connectivity index (χ1n) is 6.77. The Bertz CT molecular complexity index is 627. The fraction of sp³-hybridized carbons (Fsp3) is 0.188. The first-order valence-corrected chi connectivity index (χ1v) is 6.77. The Balaban J connectivity index is 1.68. The van der Waals surface area contributed by atoms with Crippen LogP contribution in [0, 0.1) is 6.92 Å². The maximum absolute atomic E-state index is 11.7. The largest absolute Gasteiger partial charge is 0.362 e. The number of carbonyl (C=O) groups is 2. The van der Waals surface area contributed by atoms with Crippen molar-refractivity contribution in [1.82, 2.24) is 4.98 Å². The lowest BCUT2D eigenvalue weighted by Crippen LogP contribution is -2.23. The van der Waals surface area contributed by atoms with Crippen molar-refractivity contribution in [3.05, 3.63) is 54.4 Å². The Morgan fingerprint density at radius 2 is 1.64 bits per heavy atom. The van der Waals surface area contributed by atoms with Crippen LogP contribution in [0.5, 0.6) is 0 Å². The number of hydrogen-bond donors (Lipinski definition) is 2. The Morgan fingerprint density at radius 3 is 2.23 bits per heavy atom. The summed E-state index contributed by atoms with van der Waals surface area (Å²) in [4.78, 5) is 27.1. The second-order valence-electron chi connectivity index (χ2n) is 4.70. The van der Waals surface area contributed by atoms with Crippen LogP contribution in [0.2, 0.25) is 0 Å². The maximum Gasteiger partial charge on any atom is 0.250 e. The van der Waals surface area contributed by atoms with E-state index in [0.29, 0.717) is 11.4 Å². The first-order chi connectivity index (χ1) is 10.6. The van der Waals surface area contributed by atoms with E-state index in [1.807, 2.05) is 31.2 Å². The van der Waals surface area contributed by atoms with Crippen LogP contribution in [0.3, 0.4) is 0 Å². The summed E-state index contributed by atoms with van der Waals surface area (Å²) in [5, 5.41) is 5.30. The molecule has 1 aromatic heterocycles. The molecule has 0 aliphatic rings. The van der Waals surface area contributed by atoms with Crippen LogP contribution in [0.15, 0.2) is 48.8 Å². The summed E-state index contributed by atoms with van der Waals surface area (Å²) in [6, 6.07) is 10.8. The third-order valence-corrected chi connectivity index (χ3v) is 2.75. The zero-order valence-electron chi connectivity index (χ0n) is 12.2. The normalized spacial score (nSPS) is 10.0. The van der Waals surface area contributed by atoms with Crippen LogP contribution in [0.4, 0.5) is 11.4 Å². The van der Waals surface area contributed by atoms with Crippen LogP contribution in [-0.4, -0.2) is 30.0 Å². The molecule has 0 radical (unpaired) electrons. The van der Waals surface area contributed by atoms with E-state index < -0.39 is 0 Å². The molecule has 114 valence electrons. The molecule has 1 aromatic carbocycles. The Kier molecular flexibility index (Phi) is 5.62. The average molecular weight is 299 g/mol. The highest BCUT2D eigenvalue weighted by molar-refractivity contribution is 5.93. The molecule has 22 heavy (non-hydrogen) atoms. The van der Waals surface area contributed by atoms with E-state index in [2.05, 4.69) is 15.6 Å². The van der Waals surface area contributed by atoms with Crippen molar-refractivity contribution in [3.63, 3.8) is 0 Å². The molecule has 0 aliphatic carbocycles. The number of rotatable bonds is 6. The summed E-state index contributed by atoms with van der Waals surface area (Å²) in [6.07, 6.45) is 3.14. The zero-order chi connectivity index (χ0) is 15.8. The summed E-state index contributed by atoms with van der Waals surface area (Å²) < 4.78 is 5.08. The average Bonchev–Trinajstić information content (AvgIpc) is 2.50. The lowest BCUT2D eigenvalue weighted by atomic mass is 10.2. The highest BCUT2D eigenvalue weighted by Crippen LogP contribution is 2.08. The third kappa shape index (κ3) is 5.34. The van der Waals surface area contributed by atoms with Gasteiger partial charge in [-0.15, -0.1) is 0 Å². The smallest absolute Gasteiger partial charge is 0.250 e. The molecule has 0 atom stereocenters. The molecule has 2 rings (SSSR count). The topological polar surface area (TPSA) is 80.3 Å². The summed E-state index contributed by atoms with van der Waals surface area (Å²) in [6.45, 7) is 1.58. The number of hydrogen-bond acceptors (Lipinski definition) is 4. The highest BCUT2D eigenvalue weighted by Gasteiger charge is 2.06. The van der Waals surface area contributed by atoms with Gasteiger partial charge >= 0.3 is 0 Å². The lowest BCUT2D eigenvalue weighted by Gasteiger charge is -2.07. The molecule has 2 N–H and O–H groups in total. The van der Waals surface area contributed by atoms with E-state index in [1.165, 1.54) is 6.20 Å². The van der Waals surface area contributed by atoms with Gasteiger partial charge in [0.2, 0.25) is 11.8 Å². The third-order valence-electron chi connectivity index (χ3n) is 2.75. The van der Waals surface area contributed by atoms with Gasteiger partial charge in [-0.2, -0.15) is 0 Å². The number of anilines is 2. The molecule has 0 bridgehead atoms. The molecule has 1 heterocycles. The highest BCUT2D eigenvalue weighted by atomic mass is 16.5. The summed E-state index contributed by atoms with van der Waals surface area (Å²) in [5.41, 5.74) is 2.39. The standard InChI is InChI=1S/C16H17N3O3/c1-12-4-6-13(7-5-12)18-15(20)10-22-11-16(21)19-14-3-2-8-17-9-14/h2-9H,10-11H2,1H3,(H,18,20)(H,19,21). The number of aromatic nitrogens is 1. The first kappa shape index (κ1) is 15.7.